The summed E-state index contributed by atoms with van der Waals surface area (Å²) in [6.07, 6.45) is 0. The number of hydrogen-bond donors (Lipinski definition) is 0. The number of nitrogens with zero attached hydrogens (tertiary/aromatic N) is 1. The summed E-state index contributed by atoms with van der Waals surface area (Å²) in [6, 6.07) is 4.34. The first kappa shape index (κ1) is 11.8. The van der Waals surface area contributed by atoms with Gasteiger partial charge in [-0.2, -0.15) is 0 Å². The average molecular weight is 296 g/mol. The molecule has 0 fully saturated rings. The predicted octanol–water partition coefficient (Wildman–Crippen LogP) is 4.81. The molecule has 0 spiro atoms. The van der Waals surface area contributed by atoms with Gasteiger partial charge in [-0.1, -0.05) is 12.1 Å². The van der Waals surface area contributed by atoms with Crippen LogP contribution in [0.2, 0.25) is 0 Å². The molecule has 0 atom stereocenters. The van der Waals surface area contributed by atoms with Crippen molar-refractivity contribution in [1.82, 2.24) is 4.98 Å². The van der Waals surface area contributed by atoms with Crippen molar-refractivity contribution in [1.29, 1.82) is 0 Å². The minimum Gasteiger partial charge on any atom is -0.240 e. The third-order valence-corrected chi connectivity index (χ3v) is 5.07. The smallest absolute Gasteiger partial charge is 0.124 e. The van der Waals surface area contributed by atoms with Gasteiger partial charge in [0.25, 0.3) is 0 Å². The van der Waals surface area contributed by atoms with Crippen LogP contribution in [0.3, 0.4) is 0 Å². The van der Waals surface area contributed by atoms with E-state index in [1.54, 1.807) is 11.3 Å². The average Bonchev–Trinajstić information content (AvgIpc) is 2.56. The van der Waals surface area contributed by atoms with Gasteiger partial charge in [-0.15, -0.1) is 11.3 Å². The molecule has 1 heterocycles. The third-order valence-electron chi connectivity index (χ3n) is 3.03. The van der Waals surface area contributed by atoms with Gasteiger partial charge in [0, 0.05) is 5.56 Å². The molecule has 0 saturated heterocycles. The summed E-state index contributed by atoms with van der Waals surface area (Å²) in [6.45, 7) is 8.52. The minimum atomic E-state index is 1.07. The van der Waals surface area contributed by atoms with Crippen LogP contribution < -0.4 is 0 Å². The lowest BCUT2D eigenvalue weighted by Gasteiger charge is -2.08. The summed E-state index contributed by atoms with van der Waals surface area (Å²) < 4.78 is 1.13. The number of thiazole rings is 1. The number of rotatable bonds is 1. The van der Waals surface area contributed by atoms with Crippen LogP contribution in [0.25, 0.3) is 10.6 Å². The van der Waals surface area contributed by atoms with Crippen LogP contribution in [-0.2, 0) is 0 Å². The summed E-state index contributed by atoms with van der Waals surface area (Å²) >= 11 is 5.23. The predicted molar refractivity (Wildman–Crippen MR) is 74.2 cm³/mol. The Morgan fingerprint density at radius 3 is 2.31 bits per heavy atom. The molecule has 3 heteroatoms. The fourth-order valence-corrected chi connectivity index (χ4v) is 3.11. The van der Waals surface area contributed by atoms with Gasteiger partial charge < -0.3 is 0 Å². The summed E-state index contributed by atoms with van der Waals surface area (Å²) in [5, 5.41) is 1.10. The van der Waals surface area contributed by atoms with Crippen LogP contribution in [0.1, 0.15) is 22.4 Å². The van der Waals surface area contributed by atoms with Crippen LogP contribution in [0, 0.1) is 27.7 Å². The molecule has 0 bridgehead atoms. The summed E-state index contributed by atoms with van der Waals surface area (Å²) in [5.74, 6) is 0. The van der Waals surface area contributed by atoms with Gasteiger partial charge in [0.1, 0.15) is 5.01 Å². The second-order valence-electron chi connectivity index (χ2n) is 4.06. The van der Waals surface area contributed by atoms with E-state index in [0.29, 0.717) is 0 Å². The van der Waals surface area contributed by atoms with E-state index in [0.717, 1.165) is 14.5 Å². The molecule has 0 N–H and O–H groups in total. The van der Waals surface area contributed by atoms with Crippen molar-refractivity contribution in [3.8, 4) is 10.6 Å². The lowest BCUT2D eigenvalue weighted by molar-refractivity contribution is 1.23. The molecule has 0 amide bonds. The minimum absolute atomic E-state index is 1.07. The molecule has 0 aliphatic heterocycles. The molecule has 0 aliphatic rings. The highest BCUT2D eigenvalue weighted by molar-refractivity contribution is 9.11. The van der Waals surface area contributed by atoms with Crippen LogP contribution in [0.4, 0.5) is 0 Å². The molecule has 0 unspecified atom stereocenters. The van der Waals surface area contributed by atoms with Crippen molar-refractivity contribution in [2.24, 2.45) is 0 Å². The Balaban J connectivity index is 2.61. The summed E-state index contributed by atoms with van der Waals surface area (Å²) in [4.78, 5) is 4.58. The van der Waals surface area contributed by atoms with E-state index >= 15 is 0 Å². The van der Waals surface area contributed by atoms with E-state index < -0.39 is 0 Å². The highest BCUT2D eigenvalue weighted by Gasteiger charge is 2.11. The zero-order valence-electron chi connectivity index (χ0n) is 9.89. The topological polar surface area (TPSA) is 12.9 Å². The number of halogens is 1. The van der Waals surface area contributed by atoms with Crippen LogP contribution >= 0.6 is 27.3 Å². The van der Waals surface area contributed by atoms with Gasteiger partial charge in [-0.05, 0) is 60.3 Å². The normalized spacial score (nSPS) is 10.8. The van der Waals surface area contributed by atoms with Gasteiger partial charge in [-0.25, -0.2) is 4.98 Å². The zero-order chi connectivity index (χ0) is 11.9. The molecule has 0 aliphatic carbocycles. The van der Waals surface area contributed by atoms with Gasteiger partial charge in [0.2, 0.25) is 0 Å². The molecule has 2 rings (SSSR count). The standard InChI is InChI=1S/C13H14BrNS/c1-7-5-6-11(9(3)8(7)2)13-15-10(4)12(14)16-13/h5-6H,1-4H3. The molecule has 1 aromatic heterocycles. The molecule has 2 aromatic rings. The second-order valence-corrected chi connectivity index (χ2v) is 6.38. The molecular formula is C13H14BrNS. The van der Waals surface area contributed by atoms with Crippen molar-refractivity contribution in [3.05, 3.63) is 38.3 Å². The largest absolute Gasteiger partial charge is 0.240 e. The van der Waals surface area contributed by atoms with Gasteiger partial charge in [0.05, 0.1) is 9.48 Å². The monoisotopic (exact) mass is 295 g/mol. The maximum Gasteiger partial charge on any atom is 0.124 e. The number of benzene rings is 1. The van der Waals surface area contributed by atoms with E-state index in [1.807, 2.05) is 6.92 Å². The fraction of sp³-hybridized carbons (Fsp3) is 0.308. The Hall–Kier alpha value is -0.670. The lowest BCUT2D eigenvalue weighted by atomic mass is 9.99. The van der Waals surface area contributed by atoms with E-state index in [4.69, 9.17) is 0 Å². The van der Waals surface area contributed by atoms with Crippen molar-refractivity contribution in [2.45, 2.75) is 27.7 Å². The highest BCUT2D eigenvalue weighted by atomic mass is 79.9. The van der Waals surface area contributed by atoms with E-state index in [9.17, 15) is 0 Å². The van der Waals surface area contributed by atoms with Crippen molar-refractivity contribution in [2.75, 3.05) is 0 Å². The maximum atomic E-state index is 4.58. The zero-order valence-corrected chi connectivity index (χ0v) is 12.3. The van der Waals surface area contributed by atoms with Crippen LogP contribution in [0.15, 0.2) is 15.9 Å². The van der Waals surface area contributed by atoms with Crippen molar-refractivity contribution in [3.63, 3.8) is 0 Å². The van der Waals surface area contributed by atoms with E-state index in [-0.39, 0.29) is 0 Å². The van der Waals surface area contributed by atoms with Gasteiger partial charge >= 0.3 is 0 Å². The number of aromatic nitrogens is 1. The van der Waals surface area contributed by atoms with E-state index in [1.165, 1.54) is 22.3 Å². The Labute approximate surface area is 109 Å². The maximum absolute atomic E-state index is 4.58. The molecule has 16 heavy (non-hydrogen) atoms. The van der Waals surface area contributed by atoms with Crippen molar-refractivity contribution >= 4 is 27.3 Å². The third kappa shape index (κ3) is 1.94. The fourth-order valence-electron chi connectivity index (χ4n) is 1.68. The lowest BCUT2D eigenvalue weighted by Crippen LogP contribution is -1.90. The first-order chi connectivity index (χ1) is 7.50. The quantitative estimate of drug-likeness (QED) is 0.736. The molecule has 84 valence electrons. The molecule has 1 nitrogen and oxygen atoms in total. The highest BCUT2D eigenvalue weighted by Crippen LogP contribution is 2.34. The Morgan fingerprint density at radius 2 is 1.75 bits per heavy atom. The summed E-state index contributed by atoms with van der Waals surface area (Å²) in [5.41, 5.74) is 6.36. The van der Waals surface area contributed by atoms with Gasteiger partial charge in [-0.3, -0.25) is 0 Å². The van der Waals surface area contributed by atoms with E-state index in [2.05, 4.69) is 53.8 Å². The second kappa shape index (κ2) is 4.30. The molecule has 0 saturated carbocycles. The first-order valence-corrected chi connectivity index (χ1v) is 6.81. The first-order valence-electron chi connectivity index (χ1n) is 5.21. The number of aryl methyl sites for hydroxylation is 2. The number of hydrogen-bond acceptors (Lipinski definition) is 2. The van der Waals surface area contributed by atoms with Crippen molar-refractivity contribution < 1.29 is 0 Å². The van der Waals surface area contributed by atoms with Gasteiger partial charge in [0.15, 0.2) is 0 Å². The SMILES string of the molecule is Cc1ccc(-c2nc(C)c(Br)s2)c(C)c1C. The van der Waals surface area contributed by atoms with Crippen LogP contribution in [0.5, 0.6) is 0 Å². The van der Waals surface area contributed by atoms with Crippen LogP contribution in [-0.4, -0.2) is 4.98 Å². The molecule has 0 radical (unpaired) electrons. The Bertz CT molecular complexity index is 524. The molecular weight excluding hydrogens is 282 g/mol. The summed E-state index contributed by atoms with van der Waals surface area (Å²) in [7, 11) is 0. The Kier molecular flexibility index (Phi) is 3.17. The Morgan fingerprint density at radius 1 is 1.06 bits per heavy atom. The molecule has 1 aromatic carbocycles.